The largest absolute Gasteiger partial charge is 0.492 e. The Balaban J connectivity index is 1.76. The number of rotatable bonds is 8. The van der Waals surface area contributed by atoms with Gasteiger partial charge in [-0.2, -0.15) is 0 Å². The Morgan fingerprint density at radius 1 is 0.840 bits per heavy atom. The van der Waals surface area contributed by atoms with E-state index >= 15 is 0 Å². The Labute approximate surface area is 153 Å². The molecule has 1 N–H and O–H groups in total. The minimum atomic E-state index is 0.175. The summed E-state index contributed by atoms with van der Waals surface area (Å²) in [6, 6.07) is 19.0. The number of nitrogens with one attached hydrogen (secondary N) is 1. The van der Waals surface area contributed by atoms with Gasteiger partial charge in [-0.3, -0.25) is 0 Å². The SMILES string of the molecule is CC(C)(C)CC(C)(C)c1ccc(OCCNCc2ccccc2)cc1. The molecule has 0 radical (unpaired) electrons. The van der Waals surface area contributed by atoms with Gasteiger partial charge in [-0.15, -0.1) is 0 Å². The molecule has 0 unspecified atom stereocenters. The van der Waals surface area contributed by atoms with Crippen LogP contribution in [0.2, 0.25) is 0 Å². The van der Waals surface area contributed by atoms with Crippen molar-refractivity contribution in [3.8, 4) is 5.75 Å². The Bertz CT molecular complexity index is 623. The summed E-state index contributed by atoms with van der Waals surface area (Å²) in [5.41, 5.74) is 3.17. The molecule has 0 saturated heterocycles. The van der Waals surface area contributed by atoms with Gasteiger partial charge in [0.2, 0.25) is 0 Å². The average Bonchev–Trinajstić information content (AvgIpc) is 2.54. The first-order chi connectivity index (χ1) is 11.8. The Kier molecular flexibility index (Phi) is 6.66. The van der Waals surface area contributed by atoms with E-state index in [1.54, 1.807) is 0 Å². The van der Waals surface area contributed by atoms with Gasteiger partial charge in [0.15, 0.2) is 0 Å². The highest BCUT2D eigenvalue weighted by atomic mass is 16.5. The molecule has 0 aliphatic heterocycles. The molecule has 0 heterocycles. The topological polar surface area (TPSA) is 21.3 Å². The van der Waals surface area contributed by atoms with Gasteiger partial charge in [0.25, 0.3) is 0 Å². The van der Waals surface area contributed by atoms with Crippen molar-refractivity contribution in [3.05, 3.63) is 65.7 Å². The van der Waals surface area contributed by atoms with Crippen LogP contribution in [0.3, 0.4) is 0 Å². The molecule has 0 aliphatic carbocycles. The van der Waals surface area contributed by atoms with Gasteiger partial charge in [0.1, 0.15) is 12.4 Å². The van der Waals surface area contributed by atoms with Crippen molar-refractivity contribution in [1.82, 2.24) is 5.32 Å². The Hall–Kier alpha value is -1.80. The van der Waals surface area contributed by atoms with E-state index < -0.39 is 0 Å². The van der Waals surface area contributed by atoms with Crippen LogP contribution in [-0.2, 0) is 12.0 Å². The molecule has 2 aromatic carbocycles. The summed E-state index contributed by atoms with van der Waals surface area (Å²) in [6.07, 6.45) is 1.16. The molecule has 0 spiro atoms. The maximum absolute atomic E-state index is 5.85. The molecule has 2 aromatic rings. The molecule has 2 rings (SSSR count). The van der Waals surface area contributed by atoms with Crippen molar-refractivity contribution in [2.75, 3.05) is 13.2 Å². The summed E-state index contributed by atoms with van der Waals surface area (Å²) in [5.74, 6) is 0.941. The maximum Gasteiger partial charge on any atom is 0.119 e. The lowest BCUT2D eigenvalue weighted by Gasteiger charge is -2.33. The standard InChI is InChI=1S/C23H33NO/c1-22(2,3)18-23(4,5)20-11-13-21(14-12-20)25-16-15-24-17-19-9-7-6-8-10-19/h6-14,24H,15-18H2,1-5H3. The van der Waals surface area contributed by atoms with Gasteiger partial charge in [-0.05, 0) is 40.5 Å². The van der Waals surface area contributed by atoms with Gasteiger partial charge >= 0.3 is 0 Å². The molecule has 2 nitrogen and oxygen atoms in total. The Morgan fingerprint density at radius 3 is 2.08 bits per heavy atom. The fourth-order valence-electron chi connectivity index (χ4n) is 3.50. The summed E-state index contributed by atoms with van der Waals surface area (Å²) in [6.45, 7) is 13.9. The minimum absolute atomic E-state index is 0.175. The predicted octanol–water partition coefficient (Wildman–Crippen LogP) is 5.57. The van der Waals surface area contributed by atoms with E-state index in [2.05, 4.69) is 88.5 Å². The van der Waals surface area contributed by atoms with Crippen LogP contribution in [0.15, 0.2) is 54.6 Å². The zero-order chi connectivity index (χ0) is 18.3. The first-order valence-corrected chi connectivity index (χ1v) is 9.24. The van der Waals surface area contributed by atoms with Crippen molar-refractivity contribution in [2.24, 2.45) is 5.41 Å². The third-order valence-electron chi connectivity index (χ3n) is 4.33. The second-order valence-electron chi connectivity index (χ2n) is 8.66. The summed E-state index contributed by atoms with van der Waals surface area (Å²) in [7, 11) is 0. The highest BCUT2D eigenvalue weighted by Crippen LogP contribution is 2.36. The molecule has 0 aliphatic rings. The minimum Gasteiger partial charge on any atom is -0.492 e. The molecule has 25 heavy (non-hydrogen) atoms. The lowest BCUT2D eigenvalue weighted by Crippen LogP contribution is -2.24. The zero-order valence-corrected chi connectivity index (χ0v) is 16.4. The molecule has 2 heteroatoms. The fraction of sp³-hybridized carbons (Fsp3) is 0.478. The predicted molar refractivity (Wildman–Crippen MR) is 107 cm³/mol. The second-order valence-corrected chi connectivity index (χ2v) is 8.66. The highest BCUT2D eigenvalue weighted by Gasteiger charge is 2.27. The van der Waals surface area contributed by atoms with Gasteiger partial charge in [-0.25, -0.2) is 0 Å². The number of hydrogen-bond donors (Lipinski definition) is 1. The molecule has 0 saturated carbocycles. The smallest absolute Gasteiger partial charge is 0.119 e. The number of hydrogen-bond acceptors (Lipinski definition) is 2. The molecular formula is C23H33NO. The van der Waals surface area contributed by atoms with Gasteiger partial charge in [-0.1, -0.05) is 77.1 Å². The molecule has 0 atom stereocenters. The van der Waals surface area contributed by atoms with E-state index in [0.29, 0.717) is 12.0 Å². The average molecular weight is 340 g/mol. The molecule has 136 valence electrons. The van der Waals surface area contributed by atoms with E-state index in [1.165, 1.54) is 11.1 Å². The van der Waals surface area contributed by atoms with Gasteiger partial charge in [0.05, 0.1) is 0 Å². The van der Waals surface area contributed by atoms with Crippen LogP contribution in [0.5, 0.6) is 5.75 Å². The lowest BCUT2D eigenvalue weighted by molar-refractivity contribution is 0.283. The molecular weight excluding hydrogens is 306 g/mol. The number of benzene rings is 2. The third-order valence-corrected chi connectivity index (χ3v) is 4.33. The molecule has 0 fully saturated rings. The van der Waals surface area contributed by atoms with E-state index in [9.17, 15) is 0 Å². The van der Waals surface area contributed by atoms with E-state index in [0.717, 1.165) is 25.3 Å². The van der Waals surface area contributed by atoms with E-state index in [-0.39, 0.29) is 5.41 Å². The zero-order valence-electron chi connectivity index (χ0n) is 16.4. The molecule has 0 bridgehead atoms. The summed E-state index contributed by atoms with van der Waals surface area (Å²) < 4.78 is 5.85. The Morgan fingerprint density at radius 2 is 1.48 bits per heavy atom. The first kappa shape index (κ1) is 19.5. The summed E-state index contributed by atoms with van der Waals surface area (Å²) >= 11 is 0. The van der Waals surface area contributed by atoms with Crippen LogP contribution in [0.4, 0.5) is 0 Å². The van der Waals surface area contributed by atoms with Crippen molar-refractivity contribution in [1.29, 1.82) is 0 Å². The fourth-order valence-corrected chi connectivity index (χ4v) is 3.50. The summed E-state index contributed by atoms with van der Waals surface area (Å²) in [5, 5.41) is 3.41. The molecule has 0 aromatic heterocycles. The van der Waals surface area contributed by atoms with E-state index in [1.807, 2.05) is 6.07 Å². The highest BCUT2D eigenvalue weighted by molar-refractivity contribution is 5.31. The van der Waals surface area contributed by atoms with Crippen LogP contribution in [0, 0.1) is 5.41 Å². The van der Waals surface area contributed by atoms with Crippen LogP contribution in [0.25, 0.3) is 0 Å². The molecule has 0 amide bonds. The van der Waals surface area contributed by atoms with Crippen LogP contribution >= 0.6 is 0 Å². The van der Waals surface area contributed by atoms with Crippen LogP contribution < -0.4 is 10.1 Å². The monoisotopic (exact) mass is 339 g/mol. The van der Waals surface area contributed by atoms with Crippen molar-refractivity contribution >= 4 is 0 Å². The van der Waals surface area contributed by atoms with Crippen LogP contribution in [-0.4, -0.2) is 13.2 Å². The number of ether oxygens (including phenoxy) is 1. The third kappa shape index (κ3) is 6.91. The van der Waals surface area contributed by atoms with Crippen molar-refractivity contribution in [2.45, 2.75) is 53.0 Å². The van der Waals surface area contributed by atoms with Crippen molar-refractivity contribution in [3.63, 3.8) is 0 Å². The maximum atomic E-state index is 5.85. The van der Waals surface area contributed by atoms with Crippen molar-refractivity contribution < 1.29 is 4.74 Å². The normalized spacial score (nSPS) is 12.2. The quantitative estimate of drug-likeness (QED) is 0.635. The second kappa shape index (κ2) is 8.53. The van der Waals surface area contributed by atoms with Gasteiger partial charge in [0, 0.05) is 13.1 Å². The first-order valence-electron chi connectivity index (χ1n) is 9.24. The van der Waals surface area contributed by atoms with Gasteiger partial charge < -0.3 is 10.1 Å². The summed E-state index contributed by atoms with van der Waals surface area (Å²) in [4.78, 5) is 0. The lowest BCUT2D eigenvalue weighted by atomic mass is 9.72. The van der Waals surface area contributed by atoms with Crippen LogP contribution in [0.1, 0.15) is 52.2 Å². The van der Waals surface area contributed by atoms with E-state index in [4.69, 9.17) is 4.74 Å².